The van der Waals surface area contributed by atoms with Crippen molar-refractivity contribution in [3.8, 4) is 5.69 Å². The SMILES string of the molecule is C[C@H](/C=C/CCn1cc(C(CO)c2ccccc2)nn1)[C@@]1(O)C(=O)N(Cc2ccc(-n3ncc4ccccc4c3=O)cc2)c2ccccc21. The minimum absolute atomic E-state index is 0.0688. The van der Waals surface area contributed by atoms with Gasteiger partial charge in [-0.15, -0.1) is 5.10 Å². The van der Waals surface area contributed by atoms with Gasteiger partial charge in [0.25, 0.3) is 11.5 Å². The van der Waals surface area contributed by atoms with E-state index in [1.807, 2.05) is 116 Å². The van der Waals surface area contributed by atoms with Crippen LogP contribution in [0.25, 0.3) is 16.5 Å². The van der Waals surface area contributed by atoms with Crippen LogP contribution in [0.15, 0.2) is 132 Å². The number of hydrogen-bond donors (Lipinski definition) is 2. The molecule has 0 bridgehead atoms. The van der Waals surface area contributed by atoms with Crippen molar-refractivity contribution in [1.82, 2.24) is 24.8 Å². The number of aromatic nitrogens is 5. The quantitative estimate of drug-likeness (QED) is 0.186. The molecule has 49 heavy (non-hydrogen) atoms. The van der Waals surface area contributed by atoms with E-state index >= 15 is 0 Å². The van der Waals surface area contributed by atoms with E-state index < -0.39 is 11.5 Å². The number of carbonyl (C=O) groups is 1. The molecule has 4 aromatic carbocycles. The zero-order valence-corrected chi connectivity index (χ0v) is 27.0. The van der Waals surface area contributed by atoms with Crippen molar-refractivity contribution in [1.29, 1.82) is 0 Å². The lowest BCUT2D eigenvalue weighted by Crippen LogP contribution is -2.44. The van der Waals surface area contributed by atoms with Gasteiger partial charge in [-0.3, -0.25) is 14.3 Å². The lowest BCUT2D eigenvalue weighted by atomic mass is 9.83. The summed E-state index contributed by atoms with van der Waals surface area (Å²) in [7, 11) is 0. The first-order valence-corrected chi connectivity index (χ1v) is 16.3. The Labute approximate surface area is 283 Å². The summed E-state index contributed by atoms with van der Waals surface area (Å²) in [5.41, 5.74) is 2.43. The first kappa shape index (κ1) is 31.9. The van der Waals surface area contributed by atoms with Crippen molar-refractivity contribution >= 4 is 22.4 Å². The first-order valence-electron chi connectivity index (χ1n) is 16.3. The molecule has 0 saturated carbocycles. The van der Waals surface area contributed by atoms with E-state index in [0.29, 0.717) is 41.0 Å². The summed E-state index contributed by atoms with van der Waals surface area (Å²) < 4.78 is 3.10. The Balaban J connectivity index is 1.04. The van der Waals surface area contributed by atoms with Crippen LogP contribution in [-0.4, -0.2) is 47.5 Å². The molecule has 7 rings (SSSR count). The summed E-state index contributed by atoms with van der Waals surface area (Å²) in [6, 6.07) is 31.8. The van der Waals surface area contributed by atoms with Crippen LogP contribution in [0, 0.1) is 5.92 Å². The first-order chi connectivity index (χ1) is 23.9. The summed E-state index contributed by atoms with van der Waals surface area (Å²) in [5.74, 6) is -1.15. The molecule has 3 atom stereocenters. The maximum absolute atomic E-state index is 14.0. The molecule has 1 aliphatic heterocycles. The maximum Gasteiger partial charge on any atom is 0.279 e. The van der Waals surface area contributed by atoms with E-state index in [4.69, 9.17) is 0 Å². The minimum atomic E-state index is -1.74. The van der Waals surface area contributed by atoms with Gasteiger partial charge in [-0.25, -0.2) is 0 Å². The van der Waals surface area contributed by atoms with Gasteiger partial charge in [0.15, 0.2) is 5.60 Å². The van der Waals surface area contributed by atoms with Crippen LogP contribution in [0.4, 0.5) is 5.69 Å². The number of fused-ring (bicyclic) bond motifs is 2. The smallest absolute Gasteiger partial charge is 0.279 e. The standard InChI is InChI=1S/C39H36N6O4/c1-27(11-9-10-22-43-25-35(41-42-43)33(26-46)29-12-3-2-4-13-29)39(49)34-16-7-8-17-36(34)44(38(39)48)24-28-18-20-31(21-19-28)45-37(47)32-15-6-5-14-30(32)23-40-45/h2-9,11-21,23,25,27,33,46,49H,10,22,24,26H2,1H3/b11-9+/t27-,33?,39+/m1/s1. The normalized spacial score (nSPS) is 17.1. The predicted molar refractivity (Wildman–Crippen MR) is 187 cm³/mol. The number of amides is 1. The molecule has 0 saturated heterocycles. The number of nitrogens with zero attached hydrogens (tertiary/aromatic N) is 6. The topological polar surface area (TPSA) is 126 Å². The molecular formula is C39H36N6O4. The van der Waals surface area contributed by atoms with Crippen molar-refractivity contribution in [2.45, 2.75) is 38.0 Å². The van der Waals surface area contributed by atoms with Crippen LogP contribution in [0.1, 0.15) is 41.6 Å². The van der Waals surface area contributed by atoms with E-state index in [1.54, 1.807) is 27.9 Å². The Kier molecular flexibility index (Phi) is 8.73. The fourth-order valence-electron chi connectivity index (χ4n) is 6.54. The van der Waals surface area contributed by atoms with Crippen LogP contribution in [0.2, 0.25) is 0 Å². The highest BCUT2D eigenvalue weighted by atomic mass is 16.3. The Morgan fingerprint density at radius 2 is 1.63 bits per heavy atom. The van der Waals surface area contributed by atoms with Gasteiger partial charge in [-0.05, 0) is 41.8 Å². The van der Waals surface area contributed by atoms with E-state index in [2.05, 4.69) is 15.4 Å². The Bertz CT molecular complexity index is 2190. The summed E-state index contributed by atoms with van der Waals surface area (Å²) in [5, 5.41) is 36.2. The predicted octanol–water partition coefficient (Wildman–Crippen LogP) is 5.12. The van der Waals surface area contributed by atoms with Crippen LogP contribution in [-0.2, 0) is 23.5 Å². The number of rotatable bonds is 11. The number of para-hydroxylation sites is 1. The number of aliphatic hydroxyl groups is 2. The monoisotopic (exact) mass is 652 g/mol. The van der Waals surface area contributed by atoms with Crippen LogP contribution in [0.3, 0.4) is 0 Å². The third-order valence-electron chi connectivity index (χ3n) is 9.30. The number of anilines is 1. The lowest BCUT2D eigenvalue weighted by Gasteiger charge is -2.27. The highest BCUT2D eigenvalue weighted by Gasteiger charge is 2.52. The van der Waals surface area contributed by atoms with Crippen molar-refractivity contribution in [2.75, 3.05) is 11.5 Å². The summed E-state index contributed by atoms with van der Waals surface area (Å²) in [4.78, 5) is 28.7. The average molecular weight is 653 g/mol. The van der Waals surface area contributed by atoms with Gasteiger partial charge in [0.1, 0.15) is 0 Å². The molecule has 1 amide bonds. The van der Waals surface area contributed by atoms with Gasteiger partial charge < -0.3 is 15.1 Å². The number of allylic oxidation sites excluding steroid dienone is 1. The second-order valence-corrected chi connectivity index (χ2v) is 12.3. The number of hydrogen-bond acceptors (Lipinski definition) is 7. The third-order valence-corrected chi connectivity index (χ3v) is 9.30. The lowest BCUT2D eigenvalue weighted by molar-refractivity contribution is -0.139. The molecule has 246 valence electrons. The third kappa shape index (κ3) is 5.96. The summed E-state index contributed by atoms with van der Waals surface area (Å²) >= 11 is 0. The minimum Gasteiger partial charge on any atom is -0.395 e. The van der Waals surface area contributed by atoms with E-state index in [0.717, 1.165) is 16.5 Å². The number of benzene rings is 4. The molecule has 0 spiro atoms. The average Bonchev–Trinajstić information content (AvgIpc) is 3.69. The van der Waals surface area contributed by atoms with Gasteiger partial charge in [-0.2, -0.15) is 9.78 Å². The Morgan fingerprint density at radius 3 is 2.43 bits per heavy atom. The second-order valence-electron chi connectivity index (χ2n) is 12.3. The zero-order chi connectivity index (χ0) is 34.0. The Morgan fingerprint density at radius 1 is 0.898 bits per heavy atom. The molecule has 1 aliphatic rings. The van der Waals surface area contributed by atoms with Crippen LogP contribution >= 0.6 is 0 Å². The number of aryl methyl sites for hydroxylation is 1. The highest BCUT2D eigenvalue weighted by molar-refractivity contribution is 6.07. The molecule has 1 unspecified atom stereocenters. The molecule has 3 heterocycles. The molecule has 0 fully saturated rings. The molecule has 10 heteroatoms. The summed E-state index contributed by atoms with van der Waals surface area (Å²) in [6.45, 7) is 2.58. The fourth-order valence-corrected chi connectivity index (χ4v) is 6.54. The van der Waals surface area contributed by atoms with Gasteiger partial charge in [0.2, 0.25) is 0 Å². The summed E-state index contributed by atoms with van der Waals surface area (Å²) in [6.07, 6.45) is 7.95. The van der Waals surface area contributed by atoms with Crippen molar-refractivity contribution in [2.24, 2.45) is 5.92 Å². The van der Waals surface area contributed by atoms with E-state index in [1.165, 1.54) is 4.68 Å². The molecule has 10 nitrogen and oxygen atoms in total. The van der Waals surface area contributed by atoms with Gasteiger partial charge in [-0.1, -0.05) is 103 Å². The second kappa shape index (κ2) is 13.4. The maximum atomic E-state index is 14.0. The van der Waals surface area contributed by atoms with Crippen LogP contribution < -0.4 is 10.5 Å². The Hall–Kier alpha value is -5.71. The van der Waals surface area contributed by atoms with Crippen molar-refractivity contribution in [3.63, 3.8) is 0 Å². The number of aliphatic hydroxyl groups excluding tert-OH is 1. The molecule has 2 aromatic heterocycles. The molecule has 0 aliphatic carbocycles. The van der Waals surface area contributed by atoms with Crippen molar-refractivity contribution in [3.05, 3.63) is 160 Å². The zero-order valence-electron chi connectivity index (χ0n) is 27.0. The molecule has 0 radical (unpaired) electrons. The van der Waals surface area contributed by atoms with E-state index in [9.17, 15) is 19.8 Å². The van der Waals surface area contributed by atoms with Gasteiger partial charge >= 0.3 is 0 Å². The fraction of sp³-hybridized carbons (Fsp3) is 0.205. The van der Waals surface area contributed by atoms with Crippen LogP contribution in [0.5, 0.6) is 0 Å². The number of carbonyl (C=O) groups excluding carboxylic acids is 1. The molecule has 6 aromatic rings. The molecular weight excluding hydrogens is 616 g/mol. The van der Waals surface area contributed by atoms with Crippen molar-refractivity contribution < 1.29 is 15.0 Å². The highest BCUT2D eigenvalue weighted by Crippen LogP contribution is 2.45. The largest absolute Gasteiger partial charge is 0.395 e. The van der Waals surface area contributed by atoms with Gasteiger partial charge in [0, 0.05) is 29.6 Å². The molecule has 2 N–H and O–H groups in total. The van der Waals surface area contributed by atoms with Gasteiger partial charge in [0.05, 0.1) is 47.7 Å². The van der Waals surface area contributed by atoms with E-state index in [-0.39, 0.29) is 30.5 Å².